The molecule has 4 heteroatoms. The quantitative estimate of drug-likeness (QED) is 0.631. The average molecular weight is 286 g/mol. The maximum Gasteiger partial charge on any atom is 0.165 e. The topological polar surface area (TPSA) is 69.9 Å². The average Bonchev–Trinajstić information content (AvgIpc) is 2.80. The molecule has 1 aromatic carbocycles. The van der Waals surface area contributed by atoms with Gasteiger partial charge in [-0.3, -0.25) is 0 Å². The largest absolute Gasteiger partial charge is 0.504 e. The van der Waals surface area contributed by atoms with E-state index in [1.54, 1.807) is 18.2 Å². The highest BCUT2D eigenvalue weighted by molar-refractivity contribution is 5.63. The van der Waals surface area contributed by atoms with Crippen LogP contribution in [0.1, 0.15) is 30.4 Å². The summed E-state index contributed by atoms with van der Waals surface area (Å²) in [4.78, 5) is 0. The summed E-state index contributed by atoms with van der Waals surface area (Å²) in [7, 11) is 0. The Kier molecular flexibility index (Phi) is 1.98. The van der Waals surface area contributed by atoms with Gasteiger partial charge < -0.3 is 20.1 Å². The molecule has 1 heterocycles. The number of phenols is 1. The lowest BCUT2D eigenvalue weighted by molar-refractivity contribution is -0.137. The molecule has 0 saturated heterocycles. The summed E-state index contributed by atoms with van der Waals surface area (Å²) in [6, 6.07) is 3.62. The third-order valence-corrected chi connectivity index (χ3v) is 6.18. The molecular weight excluding hydrogens is 268 g/mol. The van der Waals surface area contributed by atoms with E-state index < -0.39 is 23.2 Å². The fourth-order valence-electron chi connectivity index (χ4n) is 5.38. The zero-order chi connectivity index (χ0) is 14.4. The van der Waals surface area contributed by atoms with Gasteiger partial charge in [-0.15, -0.1) is 0 Å². The van der Waals surface area contributed by atoms with Gasteiger partial charge in [-0.1, -0.05) is 24.6 Å². The second-order valence-electron chi connectivity index (χ2n) is 6.93. The zero-order valence-electron chi connectivity index (χ0n) is 11.6. The van der Waals surface area contributed by atoms with E-state index in [-0.39, 0.29) is 11.7 Å². The molecule has 21 heavy (non-hydrogen) atoms. The summed E-state index contributed by atoms with van der Waals surface area (Å²) in [6.07, 6.45) is 5.80. The van der Waals surface area contributed by atoms with Gasteiger partial charge in [0.1, 0.15) is 12.2 Å². The van der Waals surface area contributed by atoms with Crippen molar-refractivity contribution >= 4 is 0 Å². The maximum absolute atomic E-state index is 11.5. The van der Waals surface area contributed by atoms with Gasteiger partial charge in [-0.2, -0.15) is 0 Å². The normalized spacial score (nSPS) is 45.1. The van der Waals surface area contributed by atoms with Crippen LogP contribution in [-0.2, 0) is 11.8 Å². The van der Waals surface area contributed by atoms with Crippen molar-refractivity contribution in [2.24, 2.45) is 5.92 Å². The molecule has 2 bridgehead atoms. The van der Waals surface area contributed by atoms with Gasteiger partial charge in [-0.25, -0.2) is 0 Å². The van der Waals surface area contributed by atoms with Crippen LogP contribution >= 0.6 is 0 Å². The smallest absolute Gasteiger partial charge is 0.165 e. The van der Waals surface area contributed by atoms with Gasteiger partial charge in [0, 0.05) is 5.56 Å². The minimum absolute atomic E-state index is 0.107. The molecule has 1 spiro atoms. The van der Waals surface area contributed by atoms with E-state index >= 15 is 0 Å². The van der Waals surface area contributed by atoms with Crippen LogP contribution in [0.15, 0.2) is 24.3 Å². The van der Waals surface area contributed by atoms with E-state index in [0.717, 1.165) is 36.8 Å². The Hall–Kier alpha value is -1.52. The van der Waals surface area contributed by atoms with Crippen molar-refractivity contribution in [3.05, 3.63) is 35.4 Å². The van der Waals surface area contributed by atoms with Crippen LogP contribution in [0.25, 0.3) is 0 Å². The summed E-state index contributed by atoms with van der Waals surface area (Å²) in [5.41, 5.74) is 0.518. The molecule has 5 atom stereocenters. The minimum atomic E-state index is -0.971. The van der Waals surface area contributed by atoms with Crippen molar-refractivity contribution in [3.8, 4) is 11.5 Å². The van der Waals surface area contributed by atoms with Gasteiger partial charge in [0.05, 0.1) is 11.0 Å². The monoisotopic (exact) mass is 286 g/mol. The van der Waals surface area contributed by atoms with Crippen molar-refractivity contribution in [3.63, 3.8) is 0 Å². The number of phenolic OH excluding ortho intramolecular Hbond substituents is 1. The van der Waals surface area contributed by atoms with Crippen molar-refractivity contribution in [2.75, 3.05) is 0 Å². The van der Waals surface area contributed by atoms with Gasteiger partial charge in [0.15, 0.2) is 11.5 Å². The van der Waals surface area contributed by atoms with Gasteiger partial charge in [0.2, 0.25) is 0 Å². The second kappa shape index (κ2) is 3.45. The first kappa shape index (κ1) is 12.1. The highest BCUT2D eigenvalue weighted by Crippen LogP contribution is 2.65. The molecule has 0 radical (unpaired) electrons. The lowest BCUT2D eigenvalue weighted by Gasteiger charge is -2.58. The lowest BCUT2D eigenvalue weighted by atomic mass is 9.47. The SMILES string of the molecule is Oc1ccc2c3c1OC1C(O)C=CC4(O)C(CCCC314)C2. The summed E-state index contributed by atoms with van der Waals surface area (Å²) in [6.45, 7) is 0. The van der Waals surface area contributed by atoms with Crippen molar-refractivity contribution < 1.29 is 20.1 Å². The van der Waals surface area contributed by atoms with Crippen LogP contribution < -0.4 is 4.74 Å². The maximum atomic E-state index is 11.5. The number of hydrogen-bond acceptors (Lipinski definition) is 4. The zero-order valence-corrected chi connectivity index (χ0v) is 11.6. The molecule has 0 aromatic heterocycles. The van der Waals surface area contributed by atoms with Crippen LogP contribution in [-0.4, -0.2) is 33.1 Å². The summed E-state index contributed by atoms with van der Waals surface area (Å²) < 4.78 is 5.98. The first-order chi connectivity index (χ1) is 10.1. The Bertz CT molecular complexity index is 682. The molecule has 1 fully saturated rings. The van der Waals surface area contributed by atoms with Gasteiger partial charge in [0.25, 0.3) is 0 Å². The number of aliphatic hydroxyl groups is 2. The van der Waals surface area contributed by atoms with Crippen LogP contribution in [0.2, 0.25) is 0 Å². The Morgan fingerprint density at radius 3 is 3.00 bits per heavy atom. The van der Waals surface area contributed by atoms with Crippen molar-refractivity contribution in [1.82, 2.24) is 0 Å². The minimum Gasteiger partial charge on any atom is -0.504 e. The van der Waals surface area contributed by atoms with E-state index in [1.165, 1.54) is 0 Å². The molecule has 5 unspecified atom stereocenters. The number of benzene rings is 1. The molecule has 4 nitrogen and oxygen atoms in total. The predicted octanol–water partition coefficient (Wildman–Crippen LogP) is 1.41. The highest BCUT2D eigenvalue weighted by Gasteiger charge is 2.70. The first-order valence-electron chi connectivity index (χ1n) is 7.70. The van der Waals surface area contributed by atoms with Crippen molar-refractivity contribution in [1.29, 1.82) is 0 Å². The van der Waals surface area contributed by atoms with E-state index in [2.05, 4.69) is 0 Å². The molecule has 5 rings (SSSR count). The number of hydrogen-bond donors (Lipinski definition) is 3. The van der Waals surface area contributed by atoms with E-state index in [0.29, 0.717) is 5.75 Å². The van der Waals surface area contributed by atoms with E-state index in [9.17, 15) is 15.3 Å². The third-order valence-electron chi connectivity index (χ3n) is 6.18. The molecular formula is C17H18O4. The van der Waals surface area contributed by atoms with Crippen LogP contribution in [0.5, 0.6) is 11.5 Å². The highest BCUT2D eigenvalue weighted by atomic mass is 16.5. The van der Waals surface area contributed by atoms with Crippen LogP contribution in [0.4, 0.5) is 0 Å². The Morgan fingerprint density at radius 2 is 2.14 bits per heavy atom. The summed E-state index contributed by atoms with van der Waals surface area (Å²) in [5, 5.41) is 32.0. The Labute approximate surface area is 122 Å². The summed E-state index contributed by atoms with van der Waals surface area (Å²) in [5.74, 6) is 0.735. The van der Waals surface area contributed by atoms with E-state index in [1.807, 2.05) is 6.07 Å². The second-order valence-corrected chi connectivity index (χ2v) is 6.93. The molecule has 1 aliphatic heterocycles. The number of aliphatic hydroxyl groups excluding tert-OH is 1. The fourth-order valence-corrected chi connectivity index (χ4v) is 5.38. The third kappa shape index (κ3) is 1.10. The molecule has 4 aliphatic rings. The first-order valence-corrected chi connectivity index (χ1v) is 7.70. The Balaban J connectivity index is 1.90. The van der Waals surface area contributed by atoms with Crippen LogP contribution in [0, 0.1) is 5.92 Å². The van der Waals surface area contributed by atoms with Gasteiger partial charge in [-0.05, 0) is 36.8 Å². The summed E-state index contributed by atoms with van der Waals surface area (Å²) >= 11 is 0. The van der Waals surface area contributed by atoms with Gasteiger partial charge >= 0.3 is 0 Å². The standard InChI is InChI=1S/C17H18O4/c18-11-4-3-9-8-10-2-1-6-16-13(9)14(11)21-15(16)12(19)5-7-17(10,16)20/h3-5,7,10,12,15,18-20H,1-2,6,8H2. The number of ether oxygens (including phenoxy) is 1. The molecule has 3 N–H and O–H groups in total. The molecule has 1 saturated carbocycles. The molecule has 0 amide bonds. The molecule has 3 aliphatic carbocycles. The predicted molar refractivity (Wildman–Crippen MR) is 75.3 cm³/mol. The molecule has 1 aromatic rings. The number of rotatable bonds is 0. The van der Waals surface area contributed by atoms with Crippen LogP contribution in [0.3, 0.4) is 0 Å². The van der Waals surface area contributed by atoms with Crippen molar-refractivity contribution in [2.45, 2.75) is 48.9 Å². The Morgan fingerprint density at radius 1 is 1.29 bits per heavy atom. The van der Waals surface area contributed by atoms with E-state index in [4.69, 9.17) is 4.74 Å². The number of aromatic hydroxyl groups is 1. The molecule has 110 valence electrons. The lowest BCUT2D eigenvalue weighted by Crippen LogP contribution is -2.68. The fraction of sp³-hybridized carbons (Fsp3) is 0.529.